The smallest absolute Gasteiger partial charge is 0.459 e. The van der Waals surface area contributed by atoms with Crippen LogP contribution in [0.25, 0.3) is 0 Å². The average molecular weight is 277 g/mol. The van der Waals surface area contributed by atoms with Crippen LogP contribution in [0.3, 0.4) is 0 Å². The Morgan fingerprint density at radius 1 is 1.29 bits per heavy atom. The van der Waals surface area contributed by atoms with Gasteiger partial charge in [-0.3, -0.25) is 0 Å². The summed E-state index contributed by atoms with van der Waals surface area (Å²) in [5.41, 5.74) is -3.35. The molecule has 17 heavy (non-hydrogen) atoms. The first-order chi connectivity index (χ1) is 7.57. The molecular formula is C7H2ClF5N2O2. The molecule has 0 fully saturated rings. The zero-order valence-electron chi connectivity index (χ0n) is 7.60. The molecule has 0 radical (unpaired) electrons. The summed E-state index contributed by atoms with van der Waals surface area (Å²) in [6.07, 6.45) is -5.69. The molecule has 1 aromatic heterocycles. The first-order valence-corrected chi connectivity index (χ1v) is 4.16. The van der Waals surface area contributed by atoms with Gasteiger partial charge >= 0.3 is 18.1 Å². The topological polar surface area (TPSA) is 63.1 Å². The van der Waals surface area contributed by atoms with Gasteiger partial charge in [-0.05, 0) is 11.6 Å². The Hall–Kier alpha value is -1.51. The Morgan fingerprint density at radius 3 is 2.24 bits per heavy atom. The monoisotopic (exact) mass is 276 g/mol. The van der Waals surface area contributed by atoms with Crippen molar-refractivity contribution in [2.75, 3.05) is 0 Å². The second-order valence-electron chi connectivity index (χ2n) is 2.78. The zero-order valence-corrected chi connectivity index (χ0v) is 8.35. The van der Waals surface area contributed by atoms with E-state index >= 15 is 0 Å². The van der Waals surface area contributed by atoms with Crippen LogP contribution in [0.2, 0.25) is 5.28 Å². The van der Waals surface area contributed by atoms with Crippen molar-refractivity contribution in [3.8, 4) is 0 Å². The first-order valence-electron chi connectivity index (χ1n) is 3.78. The number of nitrogens with zero attached hydrogens (tertiary/aromatic N) is 2. The molecule has 1 rings (SSSR count). The Morgan fingerprint density at radius 2 is 1.82 bits per heavy atom. The average Bonchev–Trinajstić information content (AvgIpc) is 2.15. The molecule has 1 aromatic rings. The summed E-state index contributed by atoms with van der Waals surface area (Å²) >= 11 is 5.06. The van der Waals surface area contributed by atoms with Gasteiger partial charge in [-0.15, -0.1) is 0 Å². The van der Waals surface area contributed by atoms with Gasteiger partial charge in [0, 0.05) is 6.20 Å². The normalized spacial score (nSPS) is 12.6. The summed E-state index contributed by atoms with van der Waals surface area (Å²) in [5, 5.41) is 7.55. The minimum atomic E-state index is -5.98. The summed E-state index contributed by atoms with van der Waals surface area (Å²) in [4.78, 5) is 16.1. The minimum Gasteiger partial charge on any atom is -0.478 e. The Balaban J connectivity index is 3.49. The molecule has 0 amide bonds. The van der Waals surface area contributed by atoms with E-state index in [1.54, 1.807) is 0 Å². The summed E-state index contributed by atoms with van der Waals surface area (Å²) in [6, 6.07) is 0. The van der Waals surface area contributed by atoms with Crippen molar-refractivity contribution in [3.63, 3.8) is 0 Å². The molecular weight excluding hydrogens is 275 g/mol. The molecule has 0 spiro atoms. The lowest BCUT2D eigenvalue weighted by Crippen LogP contribution is -2.36. The standard InChI is InChI=1S/C7H2ClF5N2O2/c8-5-14-1-2(4(16)17)3(15-5)6(9,10)7(11,12)13/h1H,(H,16,17). The van der Waals surface area contributed by atoms with Crippen LogP contribution in [0.1, 0.15) is 16.1 Å². The molecule has 0 unspecified atom stereocenters. The van der Waals surface area contributed by atoms with E-state index in [0.717, 1.165) is 0 Å². The lowest BCUT2D eigenvalue weighted by atomic mass is 10.1. The highest BCUT2D eigenvalue weighted by Gasteiger charge is 2.61. The van der Waals surface area contributed by atoms with E-state index in [2.05, 4.69) is 9.97 Å². The third-order valence-electron chi connectivity index (χ3n) is 1.64. The molecule has 0 aliphatic carbocycles. The van der Waals surface area contributed by atoms with Gasteiger partial charge in [0.15, 0.2) is 0 Å². The van der Waals surface area contributed by atoms with Crippen molar-refractivity contribution in [2.45, 2.75) is 12.1 Å². The molecule has 0 aliphatic rings. The van der Waals surface area contributed by atoms with E-state index in [-0.39, 0.29) is 6.20 Å². The van der Waals surface area contributed by atoms with Crippen molar-refractivity contribution in [3.05, 3.63) is 22.7 Å². The van der Waals surface area contributed by atoms with Crippen LogP contribution in [0.4, 0.5) is 22.0 Å². The van der Waals surface area contributed by atoms with Crippen LogP contribution < -0.4 is 0 Å². The molecule has 94 valence electrons. The quantitative estimate of drug-likeness (QED) is 0.666. The van der Waals surface area contributed by atoms with Crippen molar-refractivity contribution >= 4 is 17.6 Å². The molecule has 0 atom stereocenters. The Bertz CT molecular complexity index is 462. The lowest BCUT2D eigenvalue weighted by Gasteiger charge is -2.19. The molecule has 10 heteroatoms. The zero-order chi connectivity index (χ0) is 13.4. The number of aromatic carboxylic acids is 1. The summed E-state index contributed by atoms with van der Waals surface area (Å²) in [5.74, 6) is -7.44. The van der Waals surface area contributed by atoms with Gasteiger partial charge in [0.1, 0.15) is 11.3 Å². The molecule has 0 saturated heterocycles. The van der Waals surface area contributed by atoms with Gasteiger partial charge in [0.2, 0.25) is 5.28 Å². The summed E-state index contributed by atoms with van der Waals surface area (Å²) in [6.45, 7) is 0. The van der Waals surface area contributed by atoms with Crippen molar-refractivity contribution in [1.29, 1.82) is 0 Å². The summed E-state index contributed by atoms with van der Waals surface area (Å²) in [7, 11) is 0. The number of alkyl halides is 5. The molecule has 0 aliphatic heterocycles. The molecule has 1 heterocycles. The van der Waals surface area contributed by atoms with Crippen LogP contribution in [0, 0.1) is 0 Å². The Kier molecular flexibility index (Phi) is 3.24. The lowest BCUT2D eigenvalue weighted by molar-refractivity contribution is -0.291. The second kappa shape index (κ2) is 4.06. The van der Waals surface area contributed by atoms with E-state index in [0.29, 0.717) is 0 Å². The van der Waals surface area contributed by atoms with Crippen molar-refractivity contribution in [2.24, 2.45) is 0 Å². The third-order valence-corrected chi connectivity index (χ3v) is 1.83. The first kappa shape index (κ1) is 13.6. The van der Waals surface area contributed by atoms with Crippen LogP contribution in [0.15, 0.2) is 6.20 Å². The van der Waals surface area contributed by atoms with Crippen LogP contribution in [0.5, 0.6) is 0 Å². The van der Waals surface area contributed by atoms with Crippen molar-refractivity contribution in [1.82, 2.24) is 9.97 Å². The number of hydrogen-bond acceptors (Lipinski definition) is 3. The van der Waals surface area contributed by atoms with E-state index in [1.165, 1.54) is 0 Å². The number of carboxylic acids is 1. The highest BCUT2D eigenvalue weighted by Crippen LogP contribution is 2.44. The number of carboxylic acid groups (broad SMARTS) is 1. The predicted octanol–water partition coefficient (Wildman–Crippen LogP) is 2.48. The Labute approximate surface area is 95.1 Å². The number of aromatic nitrogens is 2. The van der Waals surface area contributed by atoms with Crippen LogP contribution in [-0.2, 0) is 5.92 Å². The van der Waals surface area contributed by atoms with E-state index in [9.17, 15) is 26.7 Å². The van der Waals surface area contributed by atoms with E-state index in [1.807, 2.05) is 0 Å². The minimum absolute atomic E-state index is 0.284. The van der Waals surface area contributed by atoms with Gasteiger partial charge < -0.3 is 5.11 Å². The molecule has 0 saturated carbocycles. The molecule has 0 aromatic carbocycles. The van der Waals surface area contributed by atoms with E-state index < -0.39 is 34.6 Å². The van der Waals surface area contributed by atoms with Crippen LogP contribution in [-0.4, -0.2) is 27.2 Å². The maximum absolute atomic E-state index is 12.9. The van der Waals surface area contributed by atoms with Gasteiger partial charge in [-0.25, -0.2) is 14.8 Å². The number of hydrogen-bond donors (Lipinski definition) is 1. The molecule has 4 nitrogen and oxygen atoms in total. The predicted molar refractivity (Wildman–Crippen MR) is 44.0 cm³/mol. The largest absolute Gasteiger partial charge is 0.478 e. The number of halogens is 6. The molecule has 0 bridgehead atoms. The maximum Gasteiger partial charge on any atom is 0.459 e. The van der Waals surface area contributed by atoms with Crippen molar-refractivity contribution < 1.29 is 31.9 Å². The third kappa shape index (κ3) is 2.43. The fourth-order valence-corrected chi connectivity index (χ4v) is 1.02. The van der Waals surface area contributed by atoms with Crippen LogP contribution >= 0.6 is 11.6 Å². The maximum atomic E-state index is 12.9. The fraction of sp³-hybridized carbons (Fsp3) is 0.286. The number of rotatable bonds is 2. The SMILES string of the molecule is O=C(O)c1cnc(Cl)nc1C(F)(F)C(F)(F)F. The van der Waals surface area contributed by atoms with E-state index in [4.69, 9.17) is 16.7 Å². The van der Waals surface area contributed by atoms with Gasteiger partial charge in [0.05, 0.1) is 0 Å². The highest BCUT2D eigenvalue weighted by atomic mass is 35.5. The summed E-state index contributed by atoms with van der Waals surface area (Å²) < 4.78 is 62.0. The molecule has 1 N–H and O–H groups in total. The second-order valence-corrected chi connectivity index (χ2v) is 3.12. The fourth-order valence-electron chi connectivity index (χ4n) is 0.890. The van der Waals surface area contributed by atoms with Gasteiger partial charge in [0.25, 0.3) is 0 Å². The van der Waals surface area contributed by atoms with Gasteiger partial charge in [-0.1, -0.05) is 0 Å². The van der Waals surface area contributed by atoms with Gasteiger partial charge in [-0.2, -0.15) is 22.0 Å². The highest BCUT2D eigenvalue weighted by molar-refractivity contribution is 6.28. The number of carbonyl (C=O) groups is 1.